The van der Waals surface area contributed by atoms with Crippen molar-refractivity contribution in [1.82, 2.24) is 0 Å². The monoisotopic (exact) mass is 333 g/mol. The Labute approximate surface area is 129 Å². The molecular weight excluding hydrogens is 314 g/mol. The van der Waals surface area contributed by atoms with Gasteiger partial charge in [0.15, 0.2) is 0 Å². The van der Waals surface area contributed by atoms with E-state index in [0.29, 0.717) is 6.54 Å². The number of hydrogen-bond donors (Lipinski definition) is 1. The smallest absolute Gasteiger partial charge is 0.130 e. The third-order valence-corrected chi connectivity index (χ3v) is 3.91. The largest absolute Gasteiger partial charge is 0.457 e. The topological polar surface area (TPSA) is 35.2 Å². The Morgan fingerprint density at radius 3 is 2.50 bits per heavy atom. The summed E-state index contributed by atoms with van der Waals surface area (Å²) in [5.41, 5.74) is 10.4. The summed E-state index contributed by atoms with van der Waals surface area (Å²) in [4.78, 5) is 0. The highest BCUT2D eigenvalue weighted by Gasteiger charge is 2.09. The molecule has 0 aliphatic rings. The Balaban J connectivity index is 2.39. The summed E-state index contributed by atoms with van der Waals surface area (Å²) >= 11 is 3.49. The van der Waals surface area contributed by atoms with Crippen LogP contribution in [0.25, 0.3) is 0 Å². The fourth-order valence-corrected chi connectivity index (χ4v) is 2.63. The summed E-state index contributed by atoms with van der Waals surface area (Å²) in [7, 11) is 0. The zero-order valence-corrected chi connectivity index (χ0v) is 13.8. The lowest BCUT2D eigenvalue weighted by molar-refractivity contribution is 0.471. The van der Waals surface area contributed by atoms with Crippen LogP contribution in [0.15, 0.2) is 34.8 Å². The van der Waals surface area contributed by atoms with Crippen molar-refractivity contribution in [3.05, 3.63) is 57.1 Å². The maximum atomic E-state index is 6.13. The standard InChI is InChI=1S/C17H20BrNO/c1-11-8-12(2)13(3)17(9-11)20-16-5-4-15(18)10-14(16)6-7-19/h4-5,8-10H,6-7,19H2,1-3H3. The molecular formula is C17H20BrNO. The molecule has 3 heteroatoms. The van der Waals surface area contributed by atoms with Crippen molar-refractivity contribution >= 4 is 15.9 Å². The molecule has 2 nitrogen and oxygen atoms in total. The summed E-state index contributed by atoms with van der Waals surface area (Å²) in [5, 5.41) is 0. The molecule has 0 aliphatic carbocycles. The molecule has 2 aromatic carbocycles. The number of aryl methyl sites for hydroxylation is 2. The van der Waals surface area contributed by atoms with Gasteiger partial charge >= 0.3 is 0 Å². The van der Waals surface area contributed by atoms with Crippen molar-refractivity contribution < 1.29 is 4.74 Å². The molecule has 106 valence electrons. The van der Waals surface area contributed by atoms with Crippen molar-refractivity contribution in [2.24, 2.45) is 5.73 Å². The fourth-order valence-electron chi connectivity index (χ4n) is 2.22. The molecule has 0 bridgehead atoms. The van der Waals surface area contributed by atoms with Crippen molar-refractivity contribution in [1.29, 1.82) is 0 Å². The maximum Gasteiger partial charge on any atom is 0.130 e. The third-order valence-electron chi connectivity index (χ3n) is 3.42. The lowest BCUT2D eigenvalue weighted by Gasteiger charge is -2.15. The number of ether oxygens (including phenoxy) is 1. The van der Waals surface area contributed by atoms with Gasteiger partial charge in [-0.3, -0.25) is 0 Å². The second kappa shape index (κ2) is 6.42. The second-order valence-electron chi connectivity index (χ2n) is 5.10. The molecule has 2 aromatic rings. The van der Waals surface area contributed by atoms with Gasteiger partial charge in [0.1, 0.15) is 11.5 Å². The van der Waals surface area contributed by atoms with E-state index in [0.717, 1.165) is 28.0 Å². The fraction of sp³-hybridized carbons (Fsp3) is 0.294. The summed E-state index contributed by atoms with van der Waals surface area (Å²) < 4.78 is 7.18. The van der Waals surface area contributed by atoms with E-state index in [2.05, 4.69) is 54.9 Å². The van der Waals surface area contributed by atoms with E-state index in [-0.39, 0.29) is 0 Å². The number of hydrogen-bond acceptors (Lipinski definition) is 2. The molecule has 2 N–H and O–H groups in total. The normalized spacial score (nSPS) is 10.7. The Morgan fingerprint density at radius 2 is 1.80 bits per heavy atom. The van der Waals surface area contributed by atoms with Gasteiger partial charge < -0.3 is 10.5 Å². The molecule has 0 amide bonds. The quantitative estimate of drug-likeness (QED) is 0.882. The lowest BCUT2D eigenvalue weighted by Crippen LogP contribution is -2.04. The van der Waals surface area contributed by atoms with E-state index in [1.54, 1.807) is 0 Å². The van der Waals surface area contributed by atoms with Crippen molar-refractivity contribution in [2.75, 3.05) is 6.54 Å². The highest BCUT2D eigenvalue weighted by Crippen LogP contribution is 2.32. The first-order valence-corrected chi connectivity index (χ1v) is 7.54. The van der Waals surface area contributed by atoms with Crippen molar-refractivity contribution in [3.8, 4) is 11.5 Å². The molecule has 0 saturated carbocycles. The number of nitrogens with two attached hydrogens (primary N) is 1. The average Bonchev–Trinajstić information content (AvgIpc) is 2.38. The van der Waals surface area contributed by atoms with E-state index in [1.165, 1.54) is 16.7 Å². The molecule has 0 spiro atoms. The summed E-state index contributed by atoms with van der Waals surface area (Å²) in [6.45, 7) is 6.89. The van der Waals surface area contributed by atoms with Crippen LogP contribution in [-0.2, 0) is 6.42 Å². The highest BCUT2D eigenvalue weighted by molar-refractivity contribution is 9.10. The molecule has 0 aliphatic heterocycles. The minimum absolute atomic E-state index is 0.610. The molecule has 0 aromatic heterocycles. The molecule has 0 heterocycles. The minimum atomic E-state index is 0.610. The minimum Gasteiger partial charge on any atom is -0.457 e. The van der Waals surface area contributed by atoms with Gasteiger partial charge in [-0.2, -0.15) is 0 Å². The zero-order chi connectivity index (χ0) is 14.7. The zero-order valence-electron chi connectivity index (χ0n) is 12.2. The highest BCUT2D eigenvalue weighted by atomic mass is 79.9. The molecule has 0 saturated heterocycles. The predicted octanol–water partition coefficient (Wildman–Crippen LogP) is 4.67. The van der Waals surface area contributed by atoms with Gasteiger partial charge in [0.05, 0.1) is 0 Å². The molecule has 0 atom stereocenters. The molecule has 0 radical (unpaired) electrons. The van der Waals surface area contributed by atoms with Gasteiger partial charge in [0, 0.05) is 4.47 Å². The van der Waals surface area contributed by atoms with Gasteiger partial charge in [0.2, 0.25) is 0 Å². The van der Waals surface area contributed by atoms with Crippen LogP contribution in [0.5, 0.6) is 11.5 Å². The van der Waals surface area contributed by atoms with Crippen LogP contribution in [0.2, 0.25) is 0 Å². The summed E-state index contributed by atoms with van der Waals surface area (Å²) in [6.07, 6.45) is 0.804. The van der Waals surface area contributed by atoms with Gasteiger partial charge in [-0.1, -0.05) is 22.0 Å². The van der Waals surface area contributed by atoms with Crippen molar-refractivity contribution in [2.45, 2.75) is 27.2 Å². The molecule has 20 heavy (non-hydrogen) atoms. The first-order valence-electron chi connectivity index (χ1n) is 6.75. The molecule has 0 fully saturated rings. The Kier molecular flexibility index (Phi) is 4.84. The molecule has 2 rings (SSSR count). The van der Waals surface area contributed by atoms with Crippen LogP contribution in [-0.4, -0.2) is 6.54 Å². The first-order chi connectivity index (χ1) is 9.51. The predicted molar refractivity (Wildman–Crippen MR) is 87.6 cm³/mol. The Bertz CT molecular complexity index is 623. The van der Waals surface area contributed by atoms with Gasteiger partial charge in [-0.25, -0.2) is 0 Å². The SMILES string of the molecule is Cc1cc(C)c(C)c(Oc2ccc(Br)cc2CCN)c1. The first kappa shape index (κ1) is 15.1. The van der Waals surface area contributed by atoms with Crippen molar-refractivity contribution in [3.63, 3.8) is 0 Å². The lowest BCUT2D eigenvalue weighted by atomic mass is 10.1. The van der Waals surface area contributed by atoms with E-state index >= 15 is 0 Å². The summed E-state index contributed by atoms with van der Waals surface area (Å²) in [5.74, 6) is 1.80. The third kappa shape index (κ3) is 3.41. The molecule has 0 unspecified atom stereocenters. The van der Waals surface area contributed by atoms with Gasteiger partial charge in [-0.15, -0.1) is 0 Å². The van der Waals surface area contributed by atoms with Crippen LogP contribution >= 0.6 is 15.9 Å². The van der Waals surface area contributed by atoms with Gasteiger partial charge in [-0.05, 0) is 80.3 Å². The second-order valence-corrected chi connectivity index (χ2v) is 6.01. The summed E-state index contributed by atoms with van der Waals surface area (Å²) in [6, 6.07) is 10.3. The van der Waals surface area contributed by atoms with Crippen LogP contribution in [0.1, 0.15) is 22.3 Å². The average molecular weight is 334 g/mol. The van der Waals surface area contributed by atoms with Crippen LogP contribution in [0.4, 0.5) is 0 Å². The van der Waals surface area contributed by atoms with Gasteiger partial charge in [0.25, 0.3) is 0 Å². The van der Waals surface area contributed by atoms with Crippen LogP contribution in [0.3, 0.4) is 0 Å². The number of rotatable bonds is 4. The van der Waals surface area contributed by atoms with E-state index in [9.17, 15) is 0 Å². The van der Waals surface area contributed by atoms with E-state index < -0.39 is 0 Å². The number of halogens is 1. The number of benzene rings is 2. The van der Waals surface area contributed by atoms with E-state index in [4.69, 9.17) is 10.5 Å². The maximum absolute atomic E-state index is 6.13. The Morgan fingerprint density at radius 1 is 1.05 bits per heavy atom. The van der Waals surface area contributed by atoms with E-state index in [1.807, 2.05) is 12.1 Å². The van der Waals surface area contributed by atoms with Crippen LogP contribution in [0, 0.1) is 20.8 Å². The van der Waals surface area contributed by atoms with Crippen LogP contribution < -0.4 is 10.5 Å². The Hall–Kier alpha value is -1.32.